The Hall–Kier alpha value is -4.21. The summed E-state index contributed by atoms with van der Waals surface area (Å²) in [5, 5.41) is 3.20. The number of likely N-dealkylation sites (N-methyl/N-ethyl adjacent to an activating group) is 1. The Kier molecular flexibility index (Phi) is 10.8. The molecule has 4 aromatic carbocycles. The highest BCUT2D eigenvalue weighted by atomic mass is 35.5. The van der Waals surface area contributed by atoms with Crippen molar-refractivity contribution in [2.45, 2.75) is 44.7 Å². The Labute approximate surface area is 263 Å². The summed E-state index contributed by atoms with van der Waals surface area (Å²) in [6.07, 6.45) is 0.136. The van der Waals surface area contributed by atoms with Crippen LogP contribution in [0.1, 0.15) is 29.2 Å². The summed E-state index contributed by atoms with van der Waals surface area (Å²) in [6, 6.07) is 25.1. The van der Waals surface area contributed by atoms with Gasteiger partial charge in [-0.15, -0.1) is 0 Å². The number of hydrogen-bond acceptors (Lipinski definition) is 4. The predicted molar refractivity (Wildman–Crippen MR) is 171 cm³/mol. The molecule has 0 fully saturated rings. The van der Waals surface area contributed by atoms with Gasteiger partial charge >= 0.3 is 0 Å². The quantitative estimate of drug-likeness (QED) is 0.205. The molecule has 0 saturated heterocycles. The largest absolute Gasteiger partial charge is 0.355 e. The van der Waals surface area contributed by atoms with Crippen LogP contribution in [-0.2, 0) is 32.6 Å². The fraction of sp³-hybridized carbons (Fsp3) is 0.235. The van der Waals surface area contributed by atoms with Gasteiger partial charge in [0.25, 0.3) is 10.0 Å². The number of nitrogens with zero attached hydrogens (tertiary/aromatic N) is 2. The van der Waals surface area contributed by atoms with Gasteiger partial charge in [0.1, 0.15) is 18.4 Å². The maximum absolute atomic E-state index is 15.0. The summed E-state index contributed by atoms with van der Waals surface area (Å²) in [5.74, 6) is -1.65. The van der Waals surface area contributed by atoms with Crippen LogP contribution < -0.4 is 9.62 Å². The molecule has 44 heavy (non-hydrogen) atoms. The third kappa shape index (κ3) is 7.84. The van der Waals surface area contributed by atoms with Crippen LogP contribution in [0.2, 0.25) is 5.02 Å². The smallest absolute Gasteiger partial charge is 0.264 e. The average Bonchev–Trinajstić information content (AvgIpc) is 2.99. The van der Waals surface area contributed by atoms with Crippen LogP contribution in [0.5, 0.6) is 0 Å². The molecule has 4 rings (SSSR count). The molecule has 7 nitrogen and oxygen atoms in total. The maximum atomic E-state index is 15.0. The summed E-state index contributed by atoms with van der Waals surface area (Å²) in [5.41, 5.74) is 2.64. The molecule has 0 aliphatic rings. The minimum atomic E-state index is -4.26. The lowest BCUT2D eigenvalue weighted by Gasteiger charge is -2.34. The molecule has 0 aliphatic heterocycles. The molecule has 0 bridgehead atoms. The molecule has 1 atom stereocenters. The maximum Gasteiger partial charge on any atom is 0.264 e. The Morgan fingerprint density at radius 1 is 0.909 bits per heavy atom. The second-order valence-electron chi connectivity index (χ2n) is 10.5. The van der Waals surface area contributed by atoms with Crippen LogP contribution in [0, 0.1) is 19.7 Å². The van der Waals surface area contributed by atoms with Crippen molar-refractivity contribution in [3.63, 3.8) is 0 Å². The first kappa shape index (κ1) is 32.7. The molecule has 2 amide bonds. The van der Waals surface area contributed by atoms with Crippen molar-refractivity contribution in [1.82, 2.24) is 10.2 Å². The number of anilines is 1. The zero-order valence-corrected chi connectivity index (χ0v) is 26.4. The van der Waals surface area contributed by atoms with Gasteiger partial charge in [-0.25, -0.2) is 12.8 Å². The van der Waals surface area contributed by atoms with Crippen LogP contribution in [0.25, 0.3) is 0 Å². The van der Waals surface area contributed by atoms with Gasteiger partial charge in [-0.3, -0.25) is 13.9 Å². The minimum absolute atomic E-state index is 0.00420. The summed E-state index contributed by atoms with van der Waals surface area (Å²) >= 11 is 6.19. The van der Waals surface area contributed by atoms with Crippen molar-refractivity contribution in [3.8, 4) is 0 Å². The van der Waals surface area contributed by atoms with E-state index in [1.54, 1.807) is 50.2 Å². The highest BCUT2D eigenvalue weighted by Crippen LogP contribution is 2.30. The molecule has 10 heteroatoms. The summed E-state index contributed by atoms with van der Waals surface area (Å²) in [7, 11) is -4.26. The summed E-state index contributed by atoms with van der Waals surface area (Å²) < 4.78 is 44.2. The van der Waals surface area contributed by atoms with E-state index in [0.29, 0.717) is 17.1 Å². The second kappa shape index (κ2) is 14.5. The molecular formula is C34H35ClFN3O4S. The van der Waals surface area contributed by atoms with Crippen molar-refractivity contribution in [2.75, 3.05) is 17.4 Å². The predicted octanol–water partition coefficient (Wildman–Crippen LogP) is 6.07. The Bertz CT molecular complexity index is 1720. The number of carbonyl (C=O) groups is 2. The van der Waals surface area contributed by atoms with Crippen molar-refractivity contribution in [3.05, 3.63) is 130 Å². The van der Waals surface area contributed by atoms with Gasteiger partial charge in [-0.1, -0.05) is 77.8 Å². The number of nitrogens with one attached hydrogen (secondary N) is 1. The van der Waals surface area contributed by atoms with Gasteiger partial charge in [0, 0.05) is 30.1 Å². The first-order valence-corrected chi connectivity index (χ1v) is 16.0. The number of aryl methyl sites for hydroxylation is 2. The van der Waals surface area contributed by atoms with E-state index in [2.05, 4.69) is 5.32 Å². The Morgan fingerprint density at radius 2 is 1.57 bits per heavy atom. The van der Waals surface area contributed by atoms with E-state index < -0.39 is 40.2 Å². The van der Waals surface area contributed by atoms with Gasteiger partial charge < -0.3 is 10.2 Å². The molecule has 0 aromatic heterocycles. The lowest BCUT2D eigenvalue weighted by Crippen LogP contribution is -2.53. The normalized spacial score (nSPS) is 11.9. The Balaban J connectivity index is 1.83. The molecular weight excluding hydrogens is 601 g/mol. The van der Waals surface area contributed by atoms with E-state index >= 15 is 0 Å². The van der Waals surface area contributed by atoms with Crippen LogP contribution in [0.15, 0.2) is 102 Å². The lowest BCUT2D eigenvalue weighted by molar-refractivity contribution is -0.140. The first-order valence-electron chi connectivity index (χ1n) is 14.2. The van der Waals surface area contributed by atoms with Crippen LogP contribution >= 0.6 is 11.6 Å². The lowest BCUT2D eigenvalue weighted by atomic mass is 10.0. The number of carbonyl (C=O) groups excluding carboxylic acids is 2. The molecule has 1 N–H and O–H groups in total. The number of rotatable bonds is 12. The molecule has 0 radical (unpaired) electrons. The fourth-order valence-corrected chi connectivity index (χ4v) is 6.61. The van der Waals surface area contributed by atoms with Crippen molar-refractivity contribution in [2.24, 2.45) is 0 Å². The number of halogens is 2. The summed E-state index contributed by atoms with van der Waals surface area (Å²) in [4.78, 5) is 29.2. The molecule has 4 aromatic rings. The monoisotopic (exact) mass is 635 g/mol. The Morgan fingerprint density at radius 3 is 2.20 bits per heavy atom. The first-order chi connectivity index (χ1) is 21.0. The number of benzene rings is 4. The fourth-order valence-electron chi connectivity index (χ4n) is 4.91. The topological polar surface area (TPSA) is 86.8 Å². The molecule has 0 aliphatic carbocycles. The van der Waals surface area contributed by atoms with Crippen LogP contribution in [-0.4, -0.2) is 44.3 Å². The van der Waals surface area contributed by atoms with E-state index in [9.17, 15) is 22.4 Å². The second-order valence-corrected chi connectivity index (χ2v) is 12.8. The standard InChI is InChI=1S/C34H35ClFN3O4S/c1-4-37-34(41)32(21-26-10-6-5-7-11-26)38(22-27-12-8-9-13-30(27)36)33(40)23-39(31-19-16-28(35)20-25(31)3)44(42,43)29-17-14-24(2)15-18-29/h5-20,32H,4,21-23H2,1-3H3,(H,37,41)/t32-/m1/s1. The van der Waals surface area contributed by atoms with E-state index in [1.807, 2.05) is 37.3 Å². The number of sulfonamides is 1. The zero-order valence-electron chi connectivity index (χ0n) is 24.8. The molecule has 0 spiro atoms. The average molecular weight is 636 g/mol. The molecule has 0 heterocycles. The number of amides is 2. The number of hydrogen-bond donors (Lipinski definition) is 1. The third-order valence-corrected chi connectivity index (χ3v) is 9.25. The SMILES string of the molecule is CCNC(=O)[C@@H](Cc1ccccc1)N(Cc1ccccc1F)C(=O)CN(c1ccc(Cl)cc1C)S(=O)(=O)c1ccc(C)cc1. The summed E-state index contributed by atoms with van der Waals surface area (Å²) in [6.45, 7) is 4.72. The van der Waals surface area contributed by atoms with Gasteiger partial charge in [-0.2, -0.15) is 0 Å². The van der Waals surface area contributed by atoms with E-state index in [0.717, 1.165) is 15.4 Å². The van der Waals surface area contributed by atoms with E-state index in [1.165, 1.54) is 35.2 Å². The van der Waals surface area contributed by atoms with E-state index in [4.69, 9.17) is 11.6 Å². The minimum Gasteiger partial charge on any atom is -0.355 e. The van der Waals surface area contributed by atoms with Gasteiger partial charge in [-0.05, 0) is 68.3 Å². The van der Waals surface area contributed by atoms with Crippen LogP contribution in [0.4, 0.5) is 10.1 Å². The third-order valence-electron chi connectivity index (χ3n) is 7.24. The molecule has 0 saturated carbocycles. The highest BCUT2D eigenvalue weighted by Gasteiger charge is 2.35. The van der Waals surface area contributed by atoms with Crippen molar-refractivity contribution >= 4 is 39.1 Å². The van der Waals surface area contributed by atoms with Crippen molar-refractivity contribution < 1.29 is 22.4 Å². The highest BCUT2D eigenvalue weighted by molar-refractivity contribution is 7.92. The van der Waals surface area contributed by atoms with Gasteiger partial charge in [0.05, 0.1) is 10.6 Å². The van der Waals surface area contributed by atoms with Gasteiger partial charge in [0.15, 0.2) is 0 Å². The zero-order chi connectivity index (χ0) is 31.9. The van der Waals surface area contributed by atoms with Gasteiger partial charge in [0.2, 0.25) is 11.8 Å². The molecule has 230 valence electrons. The van der Waals surface area contributed by atoms with Crippen LogP contribution in [0.3, 0.4) is 0 Å². The van der Waals surface area contributed by atoms with Crippen molar-refractivity contribution in [1.29, 1.82) is 0 Å². The molecule has 0 unspecified atom stereocenters. The van der Waals surface area contributed by atoms with E-state index in [-0.39, 0.29) is 29.1 Å².